The number of amides is 1. The zero-order valence-electron chi connectivity index (χ0n) is 9.61. The average Bonchev–Trinajstić information content (AvgIpc) is 3.10. The lowest BCUT2D eigenvalue weighted by Crippen LogP contribution is -2.12. The number of nitrogens with one attached hydrogen (secondary N) is 2. The van der Waals surface area contributed by atoms with Gasteiger partial charge in [-0.1, -0.05) is 0 Å². The molecule has 1 fully saturated rings. The van der Waals surface area contributed by atoms with Crippen LogP contribution in [0.5, 0.6) is 0 Å². The Kier molecular flexibility index (Phi) is 3.07. The highest BCUT2D eigenvalue weighted by molar-refractivity contribution is 14.1. The fraction of sp³-hybridized carbons (Fsp3) is 0.231. The topological polar surface area (TPSA) is 57.8 Å². The second-order valence-corrected chi connectivity index (χ2v) is 5.69. The monoisotopic (exact) mass is 353 g/mol. The van der Waals surface area contributed by atoms with Crippen LogP contribution >= 0.6 is 22.6 Å². The Morgan fingerprint density at radius 3 is 2.72 bits per heavy atom. The van der Waals surface area contributed by atoms with Gasteiger partial charge in [0.05, 0.1) is 0 Å². The van der Waals surface area contributed by atoms with Crippen LogP contribution in [-0.2, 0) is 0 Å². The maximum absolute atomic E-state index is 12.0. The summed E-state index contributed by atoms with van der Waals surface area (Å²) < 4.78 is 1.14. The molecule has 1 aromatic heterocycles. The number of nitrogens with zero attached hydrogens (tertiary/aromatic N) is 1. The molecule has 1 aromatic carbocycles. The van der Waals surface area contributed by atoms with Crippen molar-refractivity contribution in [2.75, 3.05) is 5.32 Å². The Bertz CT molecular complexity index is 572. The zero-order valence-corrected chi connectivity index (χ0v) is 11.8. The Hall–Kier alpha value is -1.37. The number of aromatic amines is 1. The second kappa shape index (κ2) is 4.72. The van der Waals surface area contributed by atoms with Gasteiger partial charge in [-0.2, -0.15) is 5.10 Å². The Balaban J connectivity index is 1.71. The van der Waals surface area contributed by atoms with Crippen LogP contribution in [0.25, 0.3) is 0 Å². The highest BCUT2D eigenvalue weighted by Crippen LogP contribution is 2.39. The van der Waals surface area contributed by atoms with Gasteiger partial charge in [0, 0.05) is 20.9 Å². The lowest BCUT2D eigenvalue weighted by atomic mass is 10.2. The predicted molar refractivity (Wildman–Crippen MR) is 77.7 cm³/mol. The molecule has 1 heterocycles. The first-order chi connectivity index (χ1) is 8.72. The summed E-state index contributed by atoms with van der Waals surface area (Å²) in [7, 11) is 0. The van der Waals surface area contributed by atoms with E-state index in [2.05, 4.69) is 38.1 Å². The van der Waals surface area contributed by atoms with Crippen LogP contribution in [-0.4, -0.2) is 16.1 Å². The van der Waals surface area contributed by atoms with Crippen LogP contribution < -0.4 is 5.32 Å². The molecule has 3 rings (SSSR count). The van der Waals surface area contributed by atoms with Crippen molar-refractivity contribution in [1.29, 1.82) is 0 Å². The summed E-state index contributed by atoms with van der Waals surface area (Å²) in [6.45, 7) is 0. The number of benzene rings is 1. The van der Waals surface area contributed by atoms with Crippen molar-refractivity contribution in [1.82, 2.24) is 10.2 Å². The molecule has 0 saturated heterocycles. The van der Waals surface area contributed by atoms with E-state index >= 15 is 0 Å². The predicted octanol–water partition coefficient (Wildman–Crippen LogP) is 3.14. The van der Waals surface area contributed by atoms with Gasteiger partial charge in [0.2, 0.25) is 0 Å². The maximum Gasteiger partial charge on any atom is 0.276 e. The minimum Gasteiger partial charge on any atom is -0.321 e. The molecule has 0 spiro atoms. The molecule has 18 heavy (non-hydrogen) atoms. The smallest absolute Gasteiger partial charge is 0.276 e. The van der Waals surface area contributed by atoms with Crippen molar-refractivity contribution in [3.05, 3.63) is 45.3 Å². The molecule has 0 unspecified atom stereocenters. The molecule has 0 bridgehead atoms. The quantitative estimate of drug-likeness (QED) is 0.833. The number of aromatic nitrogens is 2. The highest BCUT2D eigenvalue weighted by atomic mass is 127. The van der Waals surface area contributed by atoms with Crippen LogP contribution in [0.4, 0.5) is 5.69 Å². The van der Waals surface area contributed by atoms with E-state index in [1.807, 2.05) is 30.3 Å². The fourth-order valence-electron chi connectivity index (χ4n) is 1.78. The molecule has 0 aliphatic heterocycles. The standard InChI is InChI=1S/C13H12IN3O/c14-9-3-5-10(6-4-9)15-13(18)12-7-11(16-17-12)8-1-2-8/h3-8H,1-2H2,(H,15,18)(H,16,17). The van der Waals surface area contributed by atoms with Crippen molar-refractivity contribution < 1.29 is 4.79 Å². The largest absolute Gasteiger partial charge is 0.321 e. The Morgan fingerprint density at radius 2 is 2.06 bits per heavy atom. The molecular formula is C13H12IN3O. The van der Waals surface area contributed by atoms with Crippen LogP contribution in [0.1, 0.15) is 34.9 Å². The molecule has 2 N–H and O–H groups in total. The molecule has 1 aliphatic carbocycles. The van der Waals surface area contributed by atoms with Crippen molar-refractivity contribution in [3.8, 4) is 0 Å². The van der Waals surface area contributed by atoms with E-state index in [4.69, 9.17) is 0 Å². The summed E-state index contributed by atoms with van der Waals surface area (Å²) in [5.41, 5.74) is 2.31. The summed E-state index contributed by atoms with van der Waals surface area (Å²) in [4.78, 5) is 12.0. The van der Waals surface area contributed by atoms with Crippen LogP contribution in [0, 0.1) is 3.57 Å². The van der Waals surface area contributed by atoms with Crippen LogP contribution in [0.2, 0.25) is 0 Å². The van der Waals surface area contributed by atoms with E-state index in [9.17, 15) is 4.79 Å². The lowest BCUT2D eigenvalue weighted by molar-refractivity contribution is 0.102. The average molecular weight is 353 g/mol. The molecule has 1 aliphatic rings. The Morgan fingerprint density at radius 1 is 1.33 bits per heavy atom. The Labute approximate surface area is 118 Å². The number of hydrogen-bond donors (Lipinski definition) is 2. The third-order valence-electron chi connectivity index (χ3n) is 2.95. The lowest BCUT2D eigenvalue weighted by Gasteiger charge is -2.02. The number of H-pyrrole nitrogens is 1. The van der Waals surface area contributed by atoms with E-state index in [-0.39, 0.29) is 5.91 Å². The molecular weight excluding hydrogens is 341 g/mol. The normalized spacial score (nSPS) is 14.5. The van der Waals surface area contributed by atoms with Crippen LogP contribution in [0.15, 0.2) is 30.3 Å². The van der Waals surface area contributed by atoms with Gasteiger partial charge < -0.3 is 5.32 Å². The van der Waals surface area contributed by atoms with Crippen molar-refractivity contribution in [2.45, 2.75) is 18.8 Å². The summed E-state index contributed by atoms with van der Waals surface area (Å²) in [6.07, 6.45) is 2.39. The second-order valence-electron chi connectivity index (χ2n) is 4.44. The number of hydrogen-bond acceptors (Lipinski definition) is 2. The number of halogens is 1. The minimum atomic E-state index is -0.167. The molecule has 0 atom stereocenters. The van der Waals surface area contributed by atoms with Crippen molar-refractivity contribution >= 4 is 34.2 Å². The highest BCUT2D eigenvalue weighted by Gasteiger charge is 2.26. The summed E-state index contributed by atoms with van der Waals surface area (Å²) >= 11 is 2.23. The SMILES string of the molecule is O=C(Nc1ccc(I)cc1)c1cc(C2CC2)[nH]n1. The molecule has 92 valence electrons. The summed E-state index contributed by atoms with van der Waals surface area (Å²) in [5.74, 6) is 0.414. The molecule has 5 heteroatoms. The van der Waals surface area contributed by atoms with E-state index in [0.29, 0.717) is 11.6 Å². The number of rotatable bonds is 3. The molecule has 2 aromatic rings. The molecule has 1 saturated carbocycles. The van der Waals surface area contributed by atoms with E-state index in [0.717, 1.165) is 15.0 Å². The third kappa shape index (κ3) is 2.55. The van der Waals surface area contributed by atoms with Crippen molar-refractivity contribution in [2.24, 2.45) is 0 Å². The number of carbonyl (C=O) groups is 1. The molecule has 0 radical (unpaired) electrons. The number of anilines is 1. The minimum absolute atomic E-state index is 0.167. The van der Waals surface area contributed by atoms with Gasteiger partial charge in [-0.15, -0.1) is 0 Å². The summed E-state index contributed by atoms with van der Waals surface area (Å²) in [5, 5.41) is 9.82. The van der Waals surface area contributed by atoms with E-state index < -0.39 is 0 Å². The van der Waals surface area contributed by atoms with E-state index in [1.165, 1.54) is 12.8 Å². The maximum atomic E-state index is 12.0. The van der Waals surface area contributed by atoms with Gasteiger partial charge in [0.1, 0.15) is 0 Å². The van der Waals surface area contributed by atoms with Crippen LogP contribution in [0.3, 0.4) is 0 Å². The van der Waals surface area contributed by atoms with Crippen molar-refractivity contribution in [3.63, 3.8) is 0 Å². The van der Waals surface area contributed by atoms with Gasteiger partial charge in [-0.25, -0.2) is 0 Å². The van der Waals surface area contributed by atoms with Gasteiger partial charge in [-0.05, 0) is 65.8 Å². The number of carbonyl (C=O) groups excluding carboxylic acids is 1. The first-order valence-electron chi connectivity index (χ1n) is 5.84. The molecule has 4 nitrogen and oxygen atoms in total. The first kappa shape index (κ1) is 11.7. The first-order valence-corrected chi connectivity index (χ1v) is 6.92. The van der Waals surface area contributed by atoms with E-state index in [1.54, 1.807) is 0 Å². The van der Waals surface area contributed by atoms with Gasteiger partial charge in [-0.3, -0.25) is 9.89 Å². The zero-order chi connectivity index (χ0) is 12.5. The van der Waals surface area contributed by atoms with Gasteiger partial charge in [0.25, 0.3) is 5.91 Å². The third-order valence-corrected chi connectivity index (χ3v) is 3.67. The molecule has 1 amide bonds. The van der Waals surface area contributed by atoms with Gasteiger partial charge in [0.15, 0.2) is 5.69 Å². The van der Waals surface area contributed by atoms with Gasteiger partial charge >= 0.3 is 0 Å². The summed E-state index contributed by atoms with van der Waals surface area (Å²) in [6, 6.07) is 9.52. The fourth-order valence-corrected chi connectivity index (χ4v) is 2.14.